The largest absolute Gasteiger partial charge is 0.345 e. The predicted molar refractivity (Wildman–Crippen MR) is 112 cm³/mol. The van der Waals surface area contributed by atoms with E-state index in [-0.39, 0.29) is 48.6 Å². The molecule has 152 valence electrons. The summed E-state index contributed by atoms with van der Waals surface area (Å²) in [7, 11) is 0. The van der Waals surface area contributed by atoms with Crippen molar-refractivity contribution in [1.82, 2.24) is 10.2 Å². The first kappa shape index (κ1) is 20.8. The fraction of sp³-hybridized carbons (Fsp3) is 0.375. The van der Waals surface area contributed by atoms with E-state index in [1.807, 2.05) is 30.3 Å². The quantitative estimate of drug-likeness (QED) is 0.748. The van der Waals surface area contributed by atoms with E-state index >= 15 is 0 Å². The molecule has 0 bridgehead atoms. The maximum atomic E-state index is 12.8. The number of rotatable bonds is 6. The van der Waals surface area contributed by atoms with Gasteiger partial charge in [-0.25, -0.2) is 0 Å². The van der Waals surface area contributed by atoms with Gasteiger partial charge in [-0.05, 0) is 35.1 Å². The van der Waals surface area contributed by atoms with Crippen molar-refractivity contribution in [2.45, 2.75) is 52.6 Å². The van der Waals surface area contributed by atoms with Crippen LogP contribution in [-0.4, -0.2) is 22.6 Å². The van der Waals surface area contributed by atoms with Gasteiger partial charge in [-0.15, -0.1) is 0 Å². The number of benzene rings is 2. The van der Waals surface area contributed by atoms with Crippen molar-refractivity contribution in [3.05, 3.63) is 71.3 Å². The molecule has 5 nitrogen and oxygen atoms in total. The highest BCUT2D eigenvalue weighted by Gasteiger charge is 2.28. The highest BCUT2D eigenvalue weighted by Crippen LogP contribution is 2.29. The fourth-order valence-electron chi connectivity index (χ4n) is 3.53. The Labute approximate surface area is 172 Å². The van der Waals surface area contributed by atoms with E-state index in [2.05, 4.69) is 26.1 Å². The Morgan fingerprint density at radius 1 is 0.966 bits per heavy atom. The second-order valence-electron chi connectivity index (χ2n) is 8.77. The molecule has 1 N–H and O–H groups in total. The number of likely N-dealkylation sites (tertiary alicyclic amines) is 1. The Balaban J connectivity index is 1.70. The Kier molecular flexibility index (Phi) is 6.16. The van der Waals surface area contributed by atoms with E-state index in [4.69, 9.17) is 0 Å². The van der Waals surface area contributed by atoms with Crippen molar-refractivity contribution in [1.29, 1.82) is 0 Å². The minimum absolute atomic E-state index is 0.0620. The molecule has 1 aliphatic heterocycles. The number of imide groups is 1. The van der Waals surface area contributed by atoms with Crippen LogP contribution >= 0.6 is 0 Å². The van der Waals surface area contributed by atoms with Gasteiger partial charge < -0.3 is 5.32 Å². The highest BCUT2D eigenvalue weighted by molar-refractivity contribution is 6.01. The average Bonchev–Trinajstić information content (AvgIpc) is 2.99. The van der Waals surface area contributed by atoms with Crippen LogP contribution in [0, 0.1) is 5.41 Å². The van der Waals surface area contributed by atoms with E-state index in [1.165, 1.54) is 4.90 Å². The minimum Gasteiger partial charge on any atom is -0.345 e. The molecule has 1 aliphatic rings. The molecule has 29 heavy (non-hydrogen) atoms. The lowest BCUT2D eigenvalue weighted by molar-refractivity contribution is -0.139. The summed E-state index contributed by atoms with van der Waals surface area (Å²) in [5, 5.41) is 3.16. The van der Waals surface area contributed by atoms with E-state index < -0.39 is 0 Å². The van der Waals surface area contributed by atoms with E-state index in [0.29, 0.717) is 5.56 Å². The fourth-order valence-corrected chi connectivity index (χ4v) is 3.53. The number of carbonyl (C=O) groups excluding carboxylic acids is 3. The SMILES string of the molecule is CC(C)(C)CC(NC(=O)c1ccc(CN2C(=O)CCC2=O)cc1)c1ccccc1. The Hall–Kier alpha value is -2.95. The van der Waals surface area contributed by atoms with Gasteiger partial charge in [-0.1, -0.05) is 63.2 Å². The lowest BCUT2D eigenvalue weighted by Gasteiger charge is -2.27. The van der Waals surface area contributed by atoms with Crippen molar-refractivity contribution in [3.63, 3.8) is 0 Å². The lowest BCUT2D eigenvalue weighted by Crippen LogP contribution is -2.31. The third-order valence-corrected chi connectivity index (χ3v) is 5.04. The first-order valence-electron chi connectivity index (χ1n) is 10.0. The van der Waals surface area contributed by atoms with Gasteiger partial charge in [-0.3, -0.25) is 19.3 Å². The Morgan fingerprint density at radius 3 is 2.10 bits per heavy atom. The second-order valence-corrected chi connectivity index (χ2v) is 8.77. The van der Waals surface area contributed by atoms with Gasteiger partial charge in [0.1, 0.15) is 0 Å². The Bertz CT molecular complexity index is 867. The van der Waals surface area contributed by atoms with E-state index in [9.17, 15) is 14.4 Å². The summed E-state index contributed by atoms with van der Waals surface area (Å²) in [4.78, 5) is 37.7. The van der Waals surface area contributed by atoms with Crippen molar-refractivity contribution >= 4 is 17.7 Å². The summed E-state index contributed by atoms with van der Waals surface area (Å²) in [5.74, 6) is -0.405. The van der Waals surface area contributed by atoms with E-state index in [1.54, 1.807) is 24.3 Å². The summed E-state index contributed by atoms with van der Waals surface area (Å²) in [5.41, 5.74) is 2.53. The summed E-state index contributed by atoms with van der Waals surface area (Å²) >= 11 is 0. The van der Waals surface area contributed by atoms with Crippen molar-refractivity contribution < 1.29 is 14.4 Å². The van der Waals surface area contributed by atoms with Gasteiger partial charge in [0.05, 0.1) is 12.6 Å². The molecule has 0 radical (unpaired) electrons. The van der Waals surface area contributed by atoms with Crippen LogP contribution in [-0.2, 0) is 16.1 Å². The Morgan fingerprint density at radius 2 is 1.55 bits per heavy atom. The standard InChI is InChI=1S/C24H28N2O3/c1-24(2,3)15-20(18-7-5-4-6-8-18)25-23(29)19-11-9-17(10-12-19)16-26-21(27)13-14-22(26)28/h4-12,20H,13-16H2,1-3H3,(H,25,29). The molecule has 0 saturated carbocycles. The monoisotopic (exact) mass is 392 g/mol. The maximum Gasteiger partial charge on any atom is 0.251 e. The van der Waals surface area contributed by atoms with Crippen LogP contribution in [0.1, 0.15) is 67.6 Å². The first-order chi connectivity index (χ1) is 13.7. The molecule has 3 rings (SSSR count). The molecule has 2 aromatic carbocycles. The predicted octanol–water partition coefficient (Wildman–Crippen LogP) is 4.24. The summed E-state index contributed by atoms with van der Waals surface area (Å²) in [6.07, 6.45) is 1.39. The van der Waals surface area contributed by atoms with Crippen LogP contribution < -0.4 is 5.32 Å². The molecule has 1 fully saturated rings. The molecule has 5 heteroatoms. The smallest absolute Gasteiger partial charge is 0.251 e. The zero-order valence-corrected chi connectivity index (χ0v) is 17.3. The zero-order valence-electron chi connectivity index (χ0n) is 17.3. The highest BCUT2D eigenvalue weighted by atomic mass is 16.2. The minimum atomic E-state index is -0.136. The average molecular weight is 392 g/mol. The van der Waals surface area contributed by atoms with Crippen molar-refractivity contribution in [3.8, 4) is 0 Å². The van der Waals surface area contributed by atoms with Crippen LogP contribution in [0.25, 0.3) is 0 Å². The number of hydrogen-bond donors (Lipinski definition) is 1. The first-order valence-corrected chi connectivity index (χ1v) is 10.0. The maximum absolute atomic E-state index is 12.8. The van der Waals surface area contributed by atoms with Gasteiger partial charge in [0.15, 0.2) is 0 Å². The molecule has 0 spiro atoms. The van der Waals surface area contributed by atoms with Crippen LogP contribution in [0.3, 0.4) is 0 Å². The summed E-state index contributed by atoms with van der Waals surface area (Å²) in [6, 6.07) is 17.0. The molecular weight excluding hydrogens is 364 g/mol. The van der Waals surface area contributed by atoms with Crippen molar-refractivity contribution in [2.24, 2.45) is 5.41 Å². The number of nitrogens with zero attached hydrogens (tertiary/aromatic N) is 1. The van der Waals surface area contributed by atoms with Gasteiger partial charge in [0.25, 0.3) is 5.91 Å². The zero-order chi connectivity index (χ0) is 21.0. The molecule has 1 heterocycles. The summed E-state index contributed by atoms with van der Waals surface area (Å²) in [6.45, 7) is 6.73. The van der Waals surface area contributed by atoms with Crippen LogP contribution in [0.4, 0.5) is 0 Å². The molecule has 0 aromatic heterocycles. The second kappa shape index (κ2) is 8.60. The normalized spacial score (nSPS) is 15.5. The third kappa shape index (κ3) is 5.53. The van der Waals surface area contributed by atoms with E-state index in [0.717, 1.165) is 17.5 Å². The van der Waals surface area contributed by atoms with Crippen LogP contribution in [0.2, 0.25) is 0 Å². The lowest BCUT2D eigenvalue weighted by atomic mass is 9.85. The molecule has 1 unspecified atom stereocenters. The molecule has 0 aliphatic carbocycles. The molecular formula is C24H28N2O3. The van der Waals surface area contributed by atoms with Gasteiger partial charge >= 0.3 is 0 Å². The number of carbonyl (C=O) groups is 3. The molecule has 1 atom stereocenters. The number of amides is 3. The van der Waals surface area contributed by atoms with Gasteiger partial charge in [-0.2, -0.15) is 0 Å². The molecule has 2 aromatic rings. The number of nitrogens with one attached hydrogen (secondary N) is 1. The summed E-state index contributed by atoms with van der Waals surface area (Å²) < 4.78 is 0. The van der Waals surface area contributed by atoms with Crippen LogP contribution in [0.5, 0.6) is 0 Å². The third-order valence-electron chi connectivity index (χ3n) is 5.04. The molecule has 3 amide bonds. The van der Waals surface area contributed by atoms with Crippen LogP contribution in [0.15, 0.2) is 54.6 Å². The number of hydrogen-bond acceptors (Lipinski definition) is 3. The molecule has 1 saturated heterocycles. The van der Waals surface area contributed by atoms with Gasteiger partial charge in [0.2, 0.25) is 11.8 Å². The van der Waals surface area contributed by atoms with Crippen molar-refractivity contribution in [2.75, 3.05) is 0 Å². The topological polar surface area (TPSA) is 66.5 Å². The van der Waals surface area contributed by atoms with Gasteiger partial charge in [0, 0.05) is 18.4 Å².